The predicted octanol–water partition coefficient (Wildman–Crippen LogP) is 3.00. The van der Waals surface area contributed by atoms with Crippen LogP contribution in [0, 0.1) is 5.92 Å². The third kappa shape index (κ3) is 3.01. The van der Waals surface area contributed by atoms with Crippen molar-refractivity contribution < 1.29 is 17.9 Å². The molecule has 1 saturated heterocycles. The summed E-state index contributed by atoms with van der Waals surface area (Å²) < 4.78 is 40.6. The molecule has 2 atom stereocenters. The lowest BCUT2D eigenvalue weighted by Gasteiger charge is -2.16. The maximum atomic E-state index is 11.9. The Balaban J connectivity index is 0.000000561. The van der Waals surface area contributed by atoms with Gasteiger partial charge in [-0.25, -0.2) is 0 Å². The predicted molar refractivity (Wildman–Crippen MR) is 40.9 cm³/mol. The first-order chi connectivity index (χ1) is 5.52. The van der Waals surface area contributed by atoms with Gasteiger partial charge >= 0.3 is 6.18 Å². The van der Waals surface area contributed by atoms with Gasteiger partial charge in [-0.1, -0.05) is 13.8 Å². The summed E-state index contributed by atoms with van der Waals surface area (Å²) in [7, 11) is 0. The summed E-state index contributed by atoms with van der Waals surface area (Å²) in [5.74, 6) is -1.24. The van der Waals surface area contributed by atoms with Crippen LogP contribution in [-0.4, -0.2) is 18.9 Å². The lowest BCUT2D eigenvalue weighted by Crippen LogP contribution is -2.28. The molecular formula is C8H15F3O. The molecule has 0 aromatic heterocycles. The van der Waals surface area contributed by atoms with E-state index in [9.17, 15) is 13.2 Å². The number of hydrogen-bond donors (Lipinski definition) is 0. The number of rotatable bonds is 0. The fourth-order valence-corrected chi connectivity index (χ4v) is 1.16. The van der Waals surface area contributed by atoms with E-state index in [0.717, 1.165) is 0 Å². The van der Waals surface area contributed by atoms with Crippen molar-refractivity contribution in [2.75, 3.05) is 6.61 Å². The highest BCUT2D eigenvalue weighted by atomic mass is 19.4. The minimum atomic E-state index is -4.07. The molecule has 4 heteroatoms. The second-order valence-corrected chi connectivity index (χ2v) is 2.51. The van der Waals surface area contributed by atoms with Gasteiger partial charge in [0.1, 0.15) is 0 Å². The zero-order valence-electron chi connectivity index (χ0n) is 7.61. The molecule has 1 rings (SSSR count). The molecule has 0 N–H and O–H groups in total. The van der Waals surface area contributed by atoms with E-state index in [1.807, 2.05) is 13.8 Å². The van der Waals surface area contributed by atoms with Crippen LogP contribution < -0.4 is 0 Å². The van der Waals surface area contributed by atoms with Crippen LogP contribution in [0.25, 0.3) is 0 Å². The van der Waals surface area contributed by atoms with Crippen LogP contribution in [0.1, 0.15) is 27.2 Å². The van der Waals surface area contributed by atoms with Gasteiger partial charge in [0.2, 0.25) is 0 Å². The Bertz CT molecular complexity index is 122. The quantitative estimate of drug-likeness (QED) is 0.562. The minimum absolute atomic E-state index is 0.116. The molecule has 1 aliphatic heterocycles. The smallest absolute Gasteiger partial charge is 0.378 e. The SMILES string of the molecule is CC.CC1OCCC1C(F)(F)F. The Kier molecular flexibility index (Phi) is 4.60. The molecule has 1 fully saturated rings. The van der Waals surface area contributed by atoms with E-state index in [-0.39, 0.29) is 13.0 Å². The number of alkyl halides is 3. The Morgan fingerprint density at radius 3 is 1.92 bits per heavy atom. The van der Waals surface area contributed by atoms with Gasteiger partial charge in [-0.2, -0.15) is 13.2 Å². The lowest BCUT2D eigenvalue weighted by atomic mass is 10.0. The van der Waals surface area contributed by atoms with E-state index in [1.165, 1.54) is 6.92 Å². The summed E-state index contributed by atoms with van der Waals surface area (Å²) in [6, 6.07) is 0. The summed E-state index contributed by atoms with van der Waals surface area (Å²) in [4.78, 5) is 0. The fourth-order valence-electron chi connectivity index (χ4n) is 1.16. The van der Waals surface area contributed by atoms with Crippen molar-refractivity contribution >= 4 is 0 Å². The zero-order valence-corrected chi connectivity index (χ0v) is 7.61. The topological polar surface area (TPSA) is 9.23 Å². The van der Waals surface area contributed by atoms with Gasteiger partial charge in [0.15, 0.2) is 0 Å². The van der Waals surface area contributed by atoms with E-state index in [1.54, 1.807) is 0 Å². The molecule has 0 bridgehead atoms. The number of ether oxygens (including phenoxy) is 1. The van der Waals surface area contributed by atoms with E-state index in [2.05, 4.69) is 0 Å². The Morgan fingerprint density at radius 2 is 1.75 bits per heavy atom. The van der Waals surface area contributed by atoms with E-state index < -0.39 is 18.2 Å². The molecule has 0 spiro atoms. The monoisotopic (exact) mass is 184 g/mol. The highest BCUT2D eigenvalue weighted by Gasteiger charge is 2.45. The van der Waals surface area contributed by atoms with Crippen molar-refractivity contribution in [1.29, 1.82) is 0 Å². The first kappa shape index (κ1) is 11.8. The van der Waals surface area contributed by atoms with Crippen molar-refractivity contribution in [2.45, 2.75) is 39.5 Å². The molecule has 0 saturated carbocycles. The Labute approximate surface area is 70.9 Å². The van der Waals surface area contributed by atoms with Gasteiger partial charge in [-0.15, -0.1) is 0 Å². The first-order valence-electron chi connectivity index (χ1n) is 4.20. The van der Waals surface area contributed by atoms with Gasteiger partial charge < -0.3 is 4.74 Å². The summed E-state index contributed by atoms with van der Waals surface area (Å²) in [5, 5.41) is 0. The van der Waals surface area contributed by atoms with Crippen LogP contribution in [0.4, 0.5) is 13.2 Å². The van der Waals surface area contributed by atoms with Gasteiger partial charge in [0, 0.05) is 6.61 Å². The van der Waals surface area contributed by atoms with Gasteiger partial charge in [-0.05, 0) is 13.3 Å². The average molecular weight is 184 g/mol. The van der Waals surface area contributed by atoms with E-state index in [4.69, 9.17) is 4.74 Å². The third-order valence-electron chi connectivity index (χ3n) is 1.80. The molecule has 2 unspecified atom stereocenters. The van der Waals surface area contributed by atoms with Crippen molar-refractivity contribution in [1.82, 2.24) is 0 Å². The van der Waals surface area contributed by atoms with Crippen LogP contribution in [-0.2, 0) is 4.74 Å². The Morgan fingerprint density at radius 1 is 1.25 bits per heavy atom. The van der Waals surface area contributed by atoms with Crippen molar-refractivity contribution in [2.24, 2.45) is 5.92 Å². The molecule has 1 aliphatic rings. The lowest BCUT2D eigenvalue weighted by molar-refractivity contribution is -0.184. The fraction of sp³-hybridized carbons (Fsp3) is 1.00. The average Bonchev–Trinajstić information content (AvgIpc) is 2.38. The maximum Gasteiger partial charge on any atom is 0.394 e. The summed E-state index contributed by atoms with van der Waals surface area (Å²) in [5.41, 5.74) is 0. The summed E-state index contributed by atoms with van der Waals surface area (Å²) in [6.07, 6.45) is -4.61. The van der Waals surface area contributed by atoms with Gasteiger partial charge in [0.25, 0.3) is 0 Å². The highest BCUT2D eigenvalue weighted by Crippen LogP contribution is 2.36. The molecule has 1 heterocycles. The van der Waals surface area contributed by atoms with Crippen molar-refractivity contribution in [3.63, 3.8) is 0 Å². The minimum Gasteiger partial charge on any atom is -0.378 e. The highest BCUT2D eigenvalue weighted by molar-refractivity contribution is 4.78. The van der Waals surface area contributed by atoms with Crippen molar-refractivity contribution in [3.8, 4) is 0 Å². The molecule has 1 nitrogen and oxygen atoms in total. The second-order valence-electron chi connectivity index (χ2n) is 2.51. The van der Waals surface area contributed by atoms with Gasteiger partial charge in [-0.3, -0.25) is 0 Å². The maximum absolute atomic E-state index is 11.9. The molecule has 74 valence electrons. The molecule has 0 amide bonds. The van der Waals surface area contributed by atoms with E-state index >= 15 is 0 Å². The third-order valence-corrected chi connectivity index (χ3v) is 1.80. The van der Waals surface area contributed by atoms with Gasteiger partial charge in [0.05, 0.1) is 12.0 Å². The van der Waals surface area contributed by atoms with E-state index in [0.29, 0.717) is 0 Å². The molecule has 0 aliphatic carbocycles. The van der Waals surface area contributed by atoms with Crippen molar-refractivity contribution in [3.05, 3.63) is 0 Å². The first-order valence-corrected chi connectivity index (χ1v) is 4.20. The number of hydrogen-bond acceptors (Lipinski definition) is 1. The normalized spacial score (nSPS) is 29.5. The van der Waals surface area contributed by atoms with Crippen LogP contribution >= 0.6 is 0 Å². The molecule has 0 aromatic rings. The zero-order chi connectivity index (χ0) is 9.78. The molecule has 0 radical (unpaired) electrons. The molecule has 12 heavy (non-hydrogen) atoms. The van der Waals surface area contributed by atoms with Crippen LogP contribution in [0.3, 0.4) is 0 Å². The molecular weight excluding hydrogens is 169 g/mol. The van der Waals surface area contributed by atoms with Crippen LogP contribution in [0.15, 0.2) is 0 Å². The largest absolute Gasteiger partial charge is 0.394 e. The van der Waals surface area contributed by atoms with Crippen LogP contribution in [0.2, 0.25) is 0 Å². The second kappa shape index (κ2) is 4.70. The summed E-state index contributed by atoms with van der Waals surface area (Å²) >= 11 is 0. The number of halogens is 3. The summed E-state index contributed by atoms with van der Waals surface area (Å²) in [6.45, 7) is 5.70. The van der Waals surface area contributed by atoms with Crippen LogP contribution in [0.5, 0.6) is 0 Å². The molecule has 0 aromatic carbocycles. The Hall–Kier alpha value is -0.250. The standard InChI is InChI=1S/C6H9F3O.C2H6/c1-4-5(2-3-10-4)6(7,8)9;1-2/h4-5H,2-3H2,1H3;1-2H3.